The fourth-order valence-corrected chi connectivity index (χ4v) is 2.47. The quantitative estimate of drug-likeness (QED) is 0.736. The molecule has 0 aliphatic carbocycles. The van der Waals surface area contributed by atoms with Crippen molar-refractivity contribution in [2.75, 3.05) is 19.5 Å². The number of aromatic nitrogens is 1. The fraction of sp³-hybridized carbons (Fsp3) is 0.158. The van der Waals surface area contributed by atoms with E-state index in [2.05, 4.69) is 5.32 Å². The topological polar surface area (TPSA) is 82.7 Å². The Bertz CT molecular complexity index is 960. The molecule has 0 atom stereocenters. The molecular weight excluding hydrogens is 336 g/mol. The second-order valence-corrected chi connectivity index (χ2v) is 5.47. The normalized spacial score (nSPS) is 10.4. The molecule has 0 aliphatic rings. The van der Waals surface area contributed by atoms with Gasteiger partial charge in [0.2, 0.25) is 5.91 Å². The highest BCUT2D eigenvalue weighted by molar-refractivity contribution is 5.92. The molecule has 26 heavy (non-hydrogen) atoms. The second kappa shape index (κ2) is 7.60. The third-order valence-corrected chi connectivity index (χ3v) is 3.76. The van der Waals surface area contributed by atoms with Gasteiger partial charge in [-0.15, -0.1) is 0 Å². The molecule has 0 unspecified atom stereocenters. The molecule has 0 bridgehead atoms. The van der Waals surface area contributed by atoms with Crippen molar-refractivity contribution in [2.24, 2.45) is 0 Å². The van der Waals surface area contributed by atoms with Crippen LogP contribution in [0.3, 0.4) is 0 Å². The number of hydrogen-bond acceptors (Lipinski definition) is 5. The summed E-state index contributed by atoms with van der Waals surface area (Å²) in [5.74, 6) is 0.503. The van der Waals surface area contributed by atoms with E-state index >= 15 is 0 Å². The van der Waals surface area contributed by atoms with Gasteiger partial charge in [0, 0.05) is 11.6 Å². The van der Waals surface area contributed by atoms with Crippen LogP contribution in [0.15, 0.2) is 63.9 Å². The van der Waals surface area contributed by atoms with Crippen molar-refractivity contribution >= 4 is 11.6 Å². The minimum absolute atomic E-state index is 0.176. The van der Waals surface area contributed by atoms with Crippen LogP contribution in [0.4, 0.5) is 5.69 Å². The second-order valence-electron chi connectivity index (χ2n) is 5.47. The number of carbonyl (C=O) groups excluding carboxylic acids is 1. The molecule has 0 radical (unpaired) electrons. The molecule has 7 nitrogen and oxygen atoms in total. The zero-order chi connectivity index (χ0) is 18.5. The molecule has 134 valence electrons. The molecule has 2 aromatic carbocycles. The van der Waals surface area contributed by atoms with E-state index in [1.165, 1.54) is 17.9 Å². The molecule has 3 rings (SSSR count). The average molecular weight is 354 g/mol. The minimum Gasteiger partial charge on any atom is -0.497 e. The van der Waals surface area contributed by atoms with E-state index in [-0.39, 0.29) is 12.5 Å². The van der Waals surface area contributed by atoms with Crippen molar-refractivity contribution in [3.8, 4) is 22.8 Å². The van der Waals surface area contributed by atoms with Gasteiger partial charge in [-0.2, -0.15) is 0 Å². The number of anilines is 1. The molecule has 3 aromatic rings. The predicted molar refractivity (Wildman–Crippen MR) is 96.6 cm³/mol. The van der Waals surface area contributed by atoms with Gasteiger partial charge < -0.3 is 19.2 Å². The first kappa shape index (κ1) is 17.3. The zero-order valence-corrected chi connectivity index (χ0v) is 14.4. The number of methoxy groups -OCH3 is 2. The van der Waals surface area contributed by atoms with Crippen molar-refractivity contribution in [1.82, 2.24) is 4.57 Å². The Morgan fingerprint density at radius 1 is 1.12 bits per heavy atom. The molecule has 1 amide bonds. The summed E-state index contributed by atoms with van der Waals surface area (Å²) in [6.07, 6.45) is 1.52. The average Bonchev–Trinajstić information content (AvgIpc) is 3.03. The molecule has 1 N–H and O–H groups in total. The van der Waals surface area contributed by atoms with Gasteiger partial charge in [-0.1, -0.05) is 30.3 Å². The SMILES string of the molecule is COc1ccc(NC(=O)Cn2cc(-c3ccccc3)oc2=O)c(OC)c1. The van der Waals surface area contributed by atoms with E-state index in [1.54, 1.807) is 25.3 Å². The number of nitrogens with one attached hydrogen (secondary N) is 1. The first-order valence-electron chi connectivity index (χ1n) is 7.88. The van der Waals surface area contributed by atoms with E-state index in [0.29, 0.717) is 22.9 Å². The van der Waals surface area contributed by atoms with Crippen LogP contribution in [-0.4, -0.2) is 24.7 Å². The number of benzene rings is 2. The van der Waals surface area contributed by atoms with Crippen molar-refractivity contribution in [3.63, 3.8) is 0 Å². The maximum atomic E-state index is 12.3. The smallest absolute Gasteiger partial charge is 0.419 e. The van der Waals surface area contributed by atoms with Gasteiger partial charge >= 0.3 is 5.76 Å². The molecule has 0 spiro atoms. The summed E-state index contributed by atoms with van der Waals surface area (Å²) >= 11 is 0. The molecule has 0 saturated heterocycles. The van der Waals surface area contributed by atoms with Crippen molar-refractivity contribution in [3.05, 3.63) is 65.3 Å². The van der Waals surface area contributed by atoms with Gasteiger partial charge in [0.25, 0.3) is 0 Å². The van der Waals surface area contributed by atoms with Crippen molar-refractivity contribution in [2.45, 2.75) is 6.54 Å². The number of hydrogen-bond donors (Lipinski definition) is 1. The van der Waals surface area contributed by atoms with Gasteiger partial charge in [-0.05, 0) is 12.1 Å². The molecule has 0 aliphatic heterocycles. The van der Waals surface area contributed by atoms with Crippen LogP contribution in [0.25, 0.3) is 11.3 Å². The van der Waals surface area contributed by atoms with Gasteiger partial charge in [-0.3, -0.25) is 9.36 Å². The monoisotopic (exact) mass is 354 g/mol. The lowest BCUT2D eigenvalue weighted by Gasteiger charge is -2.11. The first-order chi connectivity index (χ1) is 12.6. The van der Waals surface area contributed by atoms with Crippen molar-refractivity contribution < 1.29 is 18.7 Å². The Morgan fingerprint density at radius 3 is 2.58 bits per heavy atom. The lowest BCUT2D eigenvalue weighted by atomic mass is 10.2. The maximum absolute atomic E-state index is 12.3. The summed E-state index contributed by atoms with van der Waals surface area (Å²) in [6, 6.07) is 14.2. The lowest BCUT2D eigenvalue weighted by Crippen LogP contribution is -2.24. The van der Waals surface area contributed by atoms with Crippen LogP contribution < -0.4 is 20.5 Å². The Labute approximate surface area is 149 Å². The number of carbonyl (C=O) groups is 1. The highest BCUT2D eigenvalue weighted by Gasteiger charge is 2.13. The third kappa shape index (κ3) is 3.77. The van der Waals surface area contributed by atoms with E-state index < -0.39 is 5.76 Å². The summed E-state index contributed by atoms with van der Waals surface area (Å²) in [6.45, 7) is -0.176. The van der Waals surface area contributed by atoms with Crippen LogP contribution in [-0.2, 0) is 11.3 Å². The first-order valence-corrected chi connectivity index (χ1v) is 7.88. The van der Waals surface area contributed by atoms with Crippen LogP contribution >= 0.6 is 0 Å². The summed E-state index contributed by atoms with van der Waals surface area (Å²) in [4.78, 5) is 24.3. The van der Waals surface area contributed by atoms with E-state index in [0.717, 1.165) is 5.56 Å². The van der Waals surface area contributed by atoms with Crippen LogP contribution in [0.1, 0.15) is 0 Å². The molecule has 1 heterocycles. The highest BCUT2D eigenvalue weighted by Crippen LogP contribution is 2.29. The van der Waals surface area contributed by atoms with E-state index in [9.17, 15) is 9.59 Å². The zero-order valence-electron chi connectivity index (χ0n) is 14.4. The number of rotatable bonds is 6. The summed E-state index contributed by atoms with van der Waals surface area (Å²) in [7, 11) is 3.04. The standard InChI is InChI=1S/C19H18N2O5/c1-24-14-8-9-15(16(10-14)25-2)20-18(22)12-21-11-17(26-19(21)23)13-6-4-3-5-7-13/h3-11H,12H2,1-2H3,(H,20,22). The lowest BCUT2D eigenvalue weighted by molar-refractivity contribution is -0.116. The van der Waals surface area contributed by atoms with Gasteiger partial charge in [0.1, 0.15) is 18.0 Å². The molecule has 1 aromatic heterocycles. The van der Waals surface area contributed by atoms with Gasteiger partial charge in [0.15, 0.2) is 5.76 Å². The Balaban J connectivity index is 1.75. The third-order valence-electron chi connectivity index (χ3n) is 3.76. The predicted octanol–water partition coefficient (Wildman–Crippen LogP) is 2.76. The van der Waals surface area contributed by atoms with E-state index in [1.807, 2.05) is 30.3 Å². The molecule has 0 fully saturated rings. The Hall–Kier alpha value is -3.48. The largest absolute Gasteiger partial charge is 0.497 e. The minimum atomic E-state index is -0.597. The Kier molecular flexibility index (Phi) is 5.07. The maximum Gasteiger partial charge on any atom is 0.419 e. The fourth-order valence-electron chi connectivity index (χ4n) is 2.47. The van der Waals surface area contributed by atoms with E-state index in [4.69, 9.17) is 13.9 Å². The number of nitrogens with zero attached hydrogens (tertiary/aromatic N) is 1. The molecule has 7 heteroatoms. The van der Waals surface area contributed by atoms with Crippen molar-refractivity contribution in [1.29, 1.82) is 0 Å². The summed E-state index contributed by atoms with van der Waals surface area (Å²) in [5.41, 5.74) is 1.25. The summed E-state index contributed by atoms with van der Waals surface area (Å²) in [5, 5.41) is 2.72. The van der Waals surface area contributed by atoms with Gasteiger partial charge in [0.05, 0.1) is 26.1 Å². The molecule has 0 saturated carbocycles. The van der Waals surface area contributed by atoms with Crippen LogP contribution in [0.2, 0.25) is 0 Å². The van der Waals surface area contributed by atoms with Crippen LogP contribution in [0, 0.1) is 0 Å². The number of ether oxygens (including phenoxy) is 2. The summed E-state index contributed by atoms with van der Waals surface area (Å²) < 4.78 is 16.8. The molecular formula is C19H18N2O5. The number of oxazole rings is 1. The highest BCUT2D eigenvalue weighted by atomic mass is 16.5. The van der Waals surface area contributed by atoms with Crippen LogP contribution in [0.5, 0.6) is 11.5 Å². The Morgan fingerprint density at radius 2 is 1.88 bits per heavy atom. The van der Waals surface area contributed by atoms with Gasteiger partial charge in [-0.25, -0.2) is 4.79 Å². The number of amides is 1.